The van der Waals surface area contributed by atoms with Gasteiger partial charge in [0.15, 0.2) is 0 Å². The average molecular weight is 233 g/mol. The topological polar surface area (TPSA) is 21.3 Å². The highest BCUT2D eigenvalue weighted by Gasteiger charge is 2.13. The Labute approximate surface area is 99.9 Å². The van der Waals surface area contributed by atoms with E-state index in [0.29, 0.717) is 0 Å². The van der Waals surface area contributed by atoms with Gasteiger partial charge in [-0.05, 0) is 18.7 Å². The number of methoxy groups -OCH3 is 1. The van der Waals surface area contributed by atoms with Crippen molar-refractivity contribution in [2.75, 3.05) is 14.2 Å². The molecule has 0 fully saturated rings. The van der Waals surface area contributed by atoms with Gasteiger partial charge in [-0.25, -0.2) is 0 Å². The van der Waals surface area contributed by atoms with Crippen molar-refractivity contribution >= 4 is 11.3 Å². The first-order valence-electron chi connectivity index (χ1n) is 5.19. The van der Waals surface area contributed by atoms with Crippen LogP contribution in [0, 0.1) is 0 Å². The molecule has 1 atom stereocenters. The quantitative estimate of drug-likeness (QED) is 0.876. The zero-order valence-electron chi connectivity index (χ0n) is 9.44. The molecule has 2 aromatic rings. The lowest BCUT2D eigenvalue weighted by Crippen LogP contribution is -2.16. The highest BCUT2D eigenvalue weighted by Crippen LogP contribution is 2.30. The average Bonchev–Trinajstić information content (AvgIpc) is 2.80. The molecule has 1 unspecified atom stereocenters. The van der Waals surface area contributed by atoms with E-state index in [1.165, 1.54) is 10.4 Å². The minimum absolute atomic E-state index is 0.245. The summed E-state index contributed by atoms with van der Waals surface area (Å²) in [6.07, 6.45) is 0. The third-order valence-corrected chi connectivity index (χ3v) is 3.51. The van der Waals surface area contributed by atoms with Gasteiger partial charge in [-0.3, -0.25) is 0 Å². The van der Waals surface area contributed by atoms with Gasteiger partial charge in [0.1, 0.15) is 5.75 Å². The molecule has 0 bridgehead atoms. The van der Waals surface area contributed by atoms with E-state index in [9.17, 15) is 0 Å². The molecule has 0 saturated heterocycles. The number of rotatable bonds is 4. The number of hydrogen-bond acceptors (Lipinski definition) is 3. The van der Waals surface area contributed by atoms with Crippen LogP contribution in [0.1, 0.15) is 16.5 Å². The monoisotopic (exact) mass is 233 g/mol. The third kappa shape index (κ3) is 2.26. The Bertz CT molecular complexity index is 438. The van der Waals surface area contributed by atoms with E-state index < -0.39 is 0 Å². The van der Waals surface area contributed by atoms with E-state index in [1.54, 1.807) is 18.4 Å². The summed E-state index contributed by atoms with van der Waals surface area (Å²) < 4.78 is 5.21. The molecule has 0 radical (unpaired) electrons. The summed E-state index contributed by atoms with van der Waals surface area (Å²) in [6, 6.07) is 12.7. The van der Waals surface area contributed by atoms with Gasteiger partial charge in [0.05, 0.1) is 13.2 Å². The molecule has 2 nitrogen and oxygen atoms in total. The number of benzene rings is 1. The van der Waals surface area contributed by atoms with Crippen molar-refractivity contribution in [3.05, 3.63) is 52.2 Å². The fourth-order valence-corrected chi connectivity index (χ4v) is 2.70. The van der Waals surface area contributed by atoms with E-state index in [1.807, 2.05) is 18.5 Å². The van der Waals surface area contributed by atoms with Gasteiger partial charge in [0, 0.05) is 10.3 Å². The zero-order chi connectivity index (χ0) is 11.4. The molecule has 1 aromatic heterocycles. The molecule has 1 heterocycles. The summed E-state index contributed by atoms with van der Waals surface area (Å²) in [7, 11) is 3.67. The first kappa shape index (κ1) is 11.2. The summed E-state index contributed by atoms with van der Waals surface area (Å²) >= 11 is 1.71. The summed E-state index contributed by atoms with van der Waals surface area (Å²) in [5.74, 6) is 0.927. The Hall–Kier alpha value is -1.32. The van der Waals surface area contributed by atoms with Crippen LogP contribution in [0.15, 0.2) is 41.8 Å². The molecule has 1 aromatic carbocycles. The van der Waals surface area contributed by atoms with Crippen LogP contribution in [0.2, 0.25) is 0 Å². The Kier molecular flexibility index (Phi) is 3.59. The summed E-state index contributed by atoms with van der Waals surface area (Å²) in [5, 5.41) is 5.36. The van der Waals surface area contributed by atoms with Crippen molar-refractivity contribution in [3.8, 4) is 5.75 Å². The van der Waals surface area contributed by atoms with E-state index in [0.717, 1.165) is 5.75 Å². The van der Waals surface area contributed by atoms with Crippen molar-refractivity contribution in [2.24, 2.45) is 0 Å². The lowest BCUT2D eigenvalue weighted by atomic mass is 10.1. The molecular formula is C13H15NOS. The van der Waals surface area contributed by atoms with Gasteiger partial charge in [-0.1, -0.05) is 30.3 Å². The minimum atomic E-state index is 0.245. The van der Waals surface area contributed by atoms with E-state index in [-0.39, 0.29) is 6.04 Å². The first-order chi connectivity index (χ1) is 7.85. The number of thiophene rings is 1. The van der Waals surface area contributed by atoms with Gasteiger partial charge < -0.3 is 10.1 Å². The van der Waals surface area contributed by atoms with Crippen LogP contribution in [0.25, 0.3) is 0 Å². The van der Waals surface area contributed by atoms with Crippen molar-refractivity contribution in [1.82, 2.24) is 5.32 Å². The predicted octanol–water partition coefficient (Wildman–Crippen LogP) is 3.07. The molecule has 16 heavy (non-hydrogen) atoms. The molecule has 3 heteroatoms. The van der Waals surface area contributed by atoms with Crippen LogP contribution in [-0.4, -0.2) is 14.2 Å². The van der Waals surface area contributed by atoms with E-state index in [4.69, 9.17) is 4.74 Å². The fraction of sp³-hybridized carbons (Fsp3) is 0.231. The Morgan fingerprint density at radius 3 is 2.56 bits per heavy atom. The summed E-state index contributed by atoms with van der Waals surface area (Å²) in [5.41, 5.74) is 1.27. The van der Waals surface area contributed by atoms with Crippen LogP contribution >= 0.6 is 11.3 Å². The SMILES string of the molecule is CNC(c1ccccc1)c1cc(OC)cs1. The van der Waals surface area contributed by atoms with Crippen molar-refractivity contribution < 1.29 is 4.74 Å². The van der Waals surface area contributed by atoms with Gasteiger partial charge >= 0.3 is 0 Å². The molecule has 0 saturated carbocycles. The largest absolute Gasteiger partial charge is 0.496 e. The molecule has 0 amide bonds. The molecule has 0 aliphatic rings. The van der Waals surface area contributed by atoms with Gasteiger partial charge in [-0.2, -0.15) is 0 Å². The van der Waals surface area contributed by atoms with Crippen LogP contribution in [0.4, 0.5) is 0 Å². The normalized spacial score (nSPS) is 12.4. The maximum absolute atomic E-state index is 5.21. The number of hydrogen-bond donors (Lipinski definition) is 1. The lowest BCUT2D eigenvalue weighted by molar-refractivity contribution is 0.416. The smallest absolute Gasteiger partial charge is 0.129 e. The standard InChI is InChI=1S/C13H15NOS/c1-14-13(10-6-4-3-5-7-10)12-8-11(15-2)9-16-12/h3-9,13-14H,1-2H3. The third-order valence-electron chi connectivity index (χ3n) is 2.54. The van der Waals surface area contributed by atoms with Crippen LogP contribution in [-0.2, 0) is 0 Å². The molecule has 84 valence electrons. The highest BCUT2D eigenvalue weighted by molar-refractivity contribution is 7.10. The Morgan fingerprint density at radius 2 is 2.00 bits per heavy atom. The molecule has 1 N–H and O–H groups in total. The first-order valence-corrected chi connectivity index (χ1v) is 6.07. The van der Waals surface area contributed by atoms with Gasteiger partial charge in [0.25, 0.3) is 0 Å². The van der Waals surface area contributed by atoms with Gasteiger partial charge in [0.2, 0.25) is 0 Å². The lowest BCUT2D eigenvalue weighted by Gasteiger charge is -2.14. The molecule has 0 aliphatic heterocycles. The molecule has 0 aliphatic carbocycles. The second-order valence-electron chi connectivity index (χ2n) is 3.52. The molecular weight excluding hydrogens is 218 g/mol. The summed E-state index contributed by atoms with van der Waals surface area (Å²) in [4.78, 5) is 1.27. The van der Waals surface area contributed by atoms with E-state index >= 15 is 0 Å². The van der Waals surface area contributed by atoms with Crippen LogP contribution in [0.5, 0.6) is 5.75 Å². The van der Waals surface area contributed by atoms with Crippen molar-refractivity contribution in [3.63, 3.8) is 0 Å². The second-order valence-corrected chi connectivity index (χ2v) is 4.46. The maximum atomic E-state index is 5.21. The fourth-order valence-electron chi connectivity index (χ4n) is 1.71. The number of nitrogens with one attached hydrogen (secondary N) is 1. The van der Waals surface area contributed by atoms with Crippen molar-refractivity contribution in [2.45, 2.75) is 6.04 Å². The summed E-state index contributed by atoms with van der Waals surface area (Å²) in [6.45, 7) is 0. The molecule has 0 spiro atoms. The number of ether oxygens (including phenoxy) is 1. The zero-order valence-corrected chi connectivity index (χ0v) is 10.3. The van der Waals surface area contributed by atoms with Gasteiger partial charge in [-0.15, -0.1) is 11.3 Å². The maximum Gasteiger partial charge on any atom is 0.129 e. The highest BCUT2D eigenvalue weighted by atomic mass is 32.1. The van der Waals surface area contributed by atoms with Crippen molar-refractivity contribution in [1.29, 1.82) is 0 Å². The van der Waals surface area contributed by atoms with Crippen LogP contribution < -0.4 is 10.1 Å². The predicted molar refractivity (Wildman–Crippen MR) is 68.2 cm³/mol. The Morgan fingerprint density at radius 1 is 1.25 bits per heavy atom. The second kappa shape index (κ2) is 5.14. The molecule has 2 rings (SSSR count). The van der Waals surface area contributed by atoms with E-state index in [2.05, 4.69) is 35.6 Å². The minimum Gasteiger partial charge on any atom is -0.496 e. The van der Waals surface area contributed by atoms with Crippen LogP contribution in [0.3, 0.4) is 0 Å². The Balaban J connectivity index is 2.29.